The fourth-order valence-electron chi connectivity index (χ4n) is 3.30. The molecule has 0 atom stereocenters. The van der Waals surface area contributed by atoms with Gasteiger partial charge < -0.3 is 16.0 Å². The Labute approximate surface area is 166 Å². The van der Waals surface area contributed by atoms with E-state index < -0.39 is 4.92 Å². The van der Waals surface area contributed by atoms with Gasteiger partial charge in [0.15, 0.2) is 5.82 Å². The molecule has 1 aromatic heterocycles. The topological polar surface area (TPSA) is 125 Å². The summed E-state index contributed by atoms with van der Waals surface area (Å²) in [4.78, 5) is 22.7. The van der Waals surface area contributed by atoms with Crippen LogP contribution in [-0.4, -0.2) is 21.0 Å². The van der Waals surface area contributed by atoms with E-state index in [4.69, 9.17) is 0 Å². The highest BCUT2D eigenvalue weighted by Gasteiger charge is 2.33. The van der Waals surface area contributed by atoms with E-state index in [9.17, 15) is 14.9 Å². The molecule has 9 heteroatoms. The number of nitrogens with zero attached hydrogens (tertiary/aromatic N) is 2. The van der Waals surface area contributed by atoms with E-state index in [1.165, 1.54) is 24.3 Å². The zero-order chi connectivity index (χ0) is 20.6. The van der Waals surface area contributed by atoms with Crippen molar-refractivity contribution in [2.24, 2.45) is 0 Å². The van der Waals surface area contributed by atoms with E-state index in [2.05, 4.69) is 40.0 Å². The largest absolute Gasteiger partial charge is 0.338 e. The molecule has 0 aliphatic carbocycles. The maximum atomic E-state index is 12.4. The van der Waals surface area contributed by atoms with Crippen molar-refractivity contribution in [1.82, 2.24) is 15.5 Å². The Morgan fingerprint density at radius 1 is 1.17 bits per heavy atom. The van der Waals surface area contributed by atoms with Crippen LogP contribution in [0.1, 0.15) is 35.5 Å². The lowest BCUT2D eigenvalue weighted by Crippen LogP contribution is -2.29. The van der Waals surface area contributed by atoms with Gasteiger partial charge in [-0.05, 0) is 44.2 Å². The second-order valence-electron chi connectivity index (χ2n) is 7.37. The Balaban J connectivity index is 1.48. The van der Waals surface area contributed by atoms with Crippen molar-refractivity contribution in [2.75, 3.05) is 10.6 Å². The van der Waals surface area contributed by atoms with Crippen molar-refractivity contribution < 1.29 is 9.72 Å². The van der Waals surface area contributed by atoms with Crippen LogP contribution in [0.5, 0.6) is 0 Å². The number of amides is 1. The summed E-state index contributed by atoms with van der Waals surface area (Å²) < 4.78 is 0. The number of non-ortho nitro benzene ring substituents is 1. The molecule has 2 heterocycles. The first-order valence-electron chi connectivity index (χ1n) is 9.09. The standard InChI is InChI=1S/C20H20N6O3/c1-20(2)17-16(11-21-20)18(25-24-17)22-13-4-3-5-14(10-13)23-19(27)12-6-8-15(9-7-12)26(28)29/h3-10,21H,11H2,1-2H3,(H,23,27)(H2,22,24,25). The summed E-state index contributed by atoms with van der Waals surface area (Å²) in [7, 11) is 0. The molecule has 0 bridgehead atoms. The monoisotopic (exact) mass is 392 g/mol. The summed E-state index contributed by atoms with van der Waals surface area (Å²) in [6.07, 6.45) is 0. The predicted octanol–water partition coefficient (Wildman–Crippen LogP) is 3.65. The molecule has 1 amide bonds. The van der Waals surface area contributed by atoms with Gasteiger partial charge in [-0.25, -0.2) is 0 Å². The first-order valence-corrected chi connectivity index (χ1v) is 9.09. The summed E-state index contributed by atoms with van der Waals surface area (Å²) in [5, 5.41) is 27.7. The summed E-state index contributed by atoms with van der Waals surface area (Å²) >= 11 is 0. The van der Waals surface area contributed by atoms with E-state index in [1.54, 1.807) is 12.1 Å². The molecule has 0 saturated heterocycles. The Kier molecular flexibility index (Phi) is 4.51. The molecule has 2 aromatic carbocycles. The van der Waals surface area contributed by atoms with Gasteiger partial charge in [0, 0.05) is 41.2 Å². The molecule has 1 aliphatic rings. The molecule has 4 rings (SSSR count). The lowest BCUT2D eigenvalue weighted by Gasteiger charge is -2.16. The van der Waals surface area contributed by atoms with Crippen molar-refractivity contribution in [3.8, 4) is 0 Å². The number of hydrogen-bond donors (Lipinski definition) is 4. The molecule has 1 aliphatic heterocycles. The van der Waals surface area contributed by atoms with E-state index >= 15 is 0 Å². The number of aromatic nitrogens is 2. The van der Waals surface area contributed by atoms with Crippen molar-refractivity contribution >= 4 is 28.8 Å². The minimum Gasteiger partial charge on any atom is -0.338 e. The Morgan fingerprint density at radius 3 is 2.62 bits per heavy atom. The van der Waals surface area contributed by atoms with Crippen LogP contribution in [0.25, 0.3) is 0 Å². The van der Waals surface area contributed by atoms with Gasteiger partial charge in [0.25, 0.3) is 11.6 Å². The summed E-state index contributed by atoms with van der Waals surface area (Å²) in [6.45, 7) is 4.90. The van der Waals surface area contributed by atoms with Crippen LogP contribution in [0.4, 0.5) is 22.9 Å². The van der Waals surface area contributed by atoms with Crippen LogP contribution in [0.3, 0.4) is 0 Å². The van der Waals surface area contributed by atoms with Crippen LogP contribution in [0, 0.1) is 10.1 Å². The predicted molar refractivity (Wildman–Crippen MR) is 109 cm³/mol. The molecule has 3 aromatic rings. The third-order valence-corrected chi connectivity index (χ3v) is 4.92. The van der Waals surface area contributed by atoms with Crippen molar-refractivity contribution in [1.29, 1.82) is 0 Å². The SMILES string of the molecule is CC1(C)NCc2c(Nc3cccc(NC(=O)c4ccc([N+](=O)[O-])cc4)c3)n[nH]c21. The van der Waals surface area contributed by atoms with Gasteiger partial charge in [-0.3, -0.25) is 20.0 Å². The maximum absolute atomic E-state index is 12.4. The van der Waals surface area contributed by atoms with Crippen LogP contribution in [0.2, 0.25) is 0 Å². The number of nitro benzene ring substituents is 1. The number of benzene rings is 2. The zero-order valence-electron chi connectivity index (χ0n) is 15.9. The second-order valence-corrected chi connectivity index (χ2v) is 7.37. The number of fused-ring (bicyclic) bond motifs is 1. The molecular weight excluding hydrogens is 372 g/mol. The Morgan fingerprint density at radius 2 is 1.90 bits per heavy atom. The average molecular weight is 392 g/mol. The molecular formula is C20H20N6O3. The smallest absolute Gasteiger partial charge is 0.269 e. The van der Waals surface area contributed by atoms with Crippen molar-refractivity contribution in [2.45, 2.75) is 25.9 Å². The maximum Gasteiger partial charge on any atom is 0.269 e. The molecule has 148 valence electrons. The van der Waals surface area contributed by atoms with Gasteiger partial charge in [-0.2, -0.15) is 5.10 Å². The van der Waals surface area contributed by atoms with Crippen LogP contribution in [-0.2, 0) is 12.1 Å². The van der Waals surface area contributed by atoms with E-state index in [0.717, 1.165) is 29.3 Å². The van der Waals surface area contributed by atoms with Gasteiger partial charge in [-0.15, -0.1) is 0 Å². The molecule has 0 unspecified atom stereocenters. The molecule has 0 fully saturated rings. The number of carbonyl (C=O) groups excluding carboxylic acids is 1. The van der Waals surface area contributed by atoms with Crippen LogP contribution >= 0.6 is 0 Å². The highest BCUT2D eigenvalue weighted by Crippen LogP contribution is 2.34. The van der Waals surface area contributed by atoms with Crippen LogP contribution < -0.4 is 16.0 Å². The number of carbonyl (C=O) groups is 1. The minimum atomic E-state index is -0.501. The van der Waals surface area contributed by atoms with E-state index in [0.29, 0.717) is 11.3 Å². The minimum absolute atomic E-state index is 0.0584. The van der Waals surface area contributed by atoms with Gasteiger partial charge in [0.05, 0.1) is 16.2 Å². The lowest BCUT2D eigenvalue weighted by molar-refractivity contribution is -0.384. The number of H-pyrrole nitrogens is 1. The molecule has 29 heavy (non-hydrogen) atoms. The highest BCUT2D eigenvalue weighted by atomic mass is 16.6. The van der Waals surface area contributed by atoms with E-state index in [1.807, 2.05) is 12.1 Å². The van der Waals surface area contributed by atoms with Crippen molar-refractivity contribution in [3.63, 3.8) is 0 Å². The van der Waals surface area contributed by atoms with Gasteiger partial charge in [-0.1, -0.05) is 6.07 Å². The first kappa shape index (κ1) is 18.6. The Bertz CT molecular complexity index is 1090. The van der Waals surface area contributed by atoms with Gasteiger partial charge in [0.1, 0.15) is 0 Å². The average Bonchev–Trinajstić information content (AvgIpc) is 3.23. The summed E-state index contributed by atoms with van der Waals surface area (Å²) in [5.41, 5.74) is 3.67. The number of rotatable bonds is 5. The number of hydrogen-bond acceptors (Lipinski definition) is 6. The zero-order valence-corrected chi connectivity index (χ0v) is 15.9. The number of aromatic amines is 1. The number of nitro groups is 1. The molecule has 4 N–H and O–H groups in total. The molecule has 0 saturated carbocycles. The Hall–Kier alpha value is -3.72. The fraction of sp³-hybridized carbons (Fsp3) is 0.200. The third kappa shape index (κ3) is 3.67. The second kappa shape index (κ2) is 7.02. The number of anilines is 3. The van der Waals surface area contributed by atoms with Crippen molar-refractivity contribution in [3.05, 3.63) is 75.5 Å². The first-order chi connectivity index (χ1) is 13.8. The normalized spacial score (nSPS) is 14.3. The fourth-order valence-corrected chi connectivity index (χ4v) is 3.30. The van der Waals surface area contributed by atoms with Gasteiger partial charge in [0.2, 0.25) is 0 Å². The highest BCUT2D eigenvalue weighted by molar-refractivity contribution is 6.04. The summed E-state index contributed by atoms with van der Waals surface area (Å²) in [6, 6.07) is 12.8. The molecule has 0 radical (unpaired) electrons. The van der Waals surface area contributed by atoms with Gasteiger partial charge >= 0.3 is 0 Å². The summed E-state index contributed by atoms with van der Waals surface area (Å²) in [5.74, 6) is 0.403. The molecule has 0 spiro atoms. The third-order valence-electron chi connectivity index (χ3n) is 4.92. The quantitative estimate of drug-likeness (QED) is 0.388. The lowest BCUT2D eigenvalue weighted by atomic mass is 10.0. The molecule has 9 nitrogen and oxygen atoms in total. The van der Waals surface area contributed by atoms with Crippen LogP contribution in [0.15, 0.2) is 48.5 Å². The van der Waals surface area contributed by atoms with E-state index in [-0.39, 0.29) is 17.1 Å². The number of nitrogens with one attached hydrogen (secondary N) is 4.